The molecule has 2 atom stereocenters. The first kappa shape index (κ1) is 12.2. The van der Waals surface area contributed by atoms with Crippen LogP contribution in [0.2, 0.25) is 0 Å². The maximum atomic E-state index is 4.11. The van der Waals surface area contributed by atoms with E-state index in [1.807, 2.05) is 6.08 Å². The number of hydrogen-bond donors (Lipinski definition) is 1. The molecule has 0 bridgehead atoms. The van der Waals surface area contributed by atoms with Crippen molar-refractivity contribution in [3.8, 4) is 0 Å². The van der Waals surface area contributed by atoms with Crippen molar-refractivity contribution in [3.63, 3.8) is 0 Å². The van der Waals surface area contributed by atoms with Gasteiger partial charge in [-0.2, -0.15) is 0 Å². The molecule has 0 aromatic rings. The van der Waals surface area contributed by atoms with Gasteiger partial charge >= 0.3 is 0 Å². The van der Waals surface area contributed by atoms with Gasteiger partial charge in [-0.15, -0.1) is 6.58 Å². The average Bonchev–Trinajstić information content (AvgIpc) is 3.07. The summed E-state index contributed by atoms with van der Waals surface area (Å²) in [4.78, 5) is 0. The minimum atomic E-state index is 0.884. The van der Waals surface area contributed by atoms with Crippen LogP contribution < -0.4 is 5.32 Å². The number of hydrogen-bond acceptors (Lipinski definition) is 1. The highest BCUT2D eigenvalue weighted by Crippen LogP contribution is 2.46. The monoisotopic (exact) mass is 229 g/mol. The molecule has 0 amide bonds. The van der Waals surface area contributed by atoms with E-state index in [2.05, 4.69) is 37.6 Å². The van der Waals surface area contributed by atoms with Crippen molar-refractivity contribution in [1.29, 1.82) is 0 Å². The topological polar surface area (TPSA) is 12.0 Å². The van der Waals surface area contributed by atoms with Gasteiger partial charge in [-0.1, -0.05) is 37.3 Å². The first-order chi connectivity index (χ1) is 8.22. The summed E-state index contributed by atoms with van der Waals surface area (Å²) in [5.41, 5.74) is 4.11. The molecule has 2 aliphatic rings. The first-order valence-electron chi connectivity index (χ1n) is 6.66. The highest BCUT2D eigenvalue weighted by atomic mass is 14.9. The Morgan fingerprint density at radius 2 is 2.24 bits per heavy atom. The van der Waals surface area contributed by atoms with Crippen LogP contribution in [0.15, 0.2) is 48.2 Å². The summed E-state index contributed by atoms with van der Waals surface area (Å²) in [6.07, 6.45) is 11.3. The Balaban J connectivity index is 1.86. The Hall–Kier alpha value is -1.24. The summed E-state index contributed by atoms with van der Waals surface area (Å²) < 4.78 is 0. The van der Waals surface area contributed by atoms with E-state index in [1.165, 1.54) is 18.4 Å². The lowest BCUT2D eigenvalue weighted by Crippen LogP contribution is -2.16. The van der Waals surface area contributed by atoms with E-state index in [4.69, 9.17) is 0 Å². The third kappa shape index (κ3) is 3.12. The predicted molar refractivity (Wildman–Crippen MR) is 74.6 cm³/mol. The van der Waals surface area contributed by atoms with Gasteiger partial charge < -0.3 is 5.32 Å². The van der Waals surface area contributed by atoms with Gasteiger partial charge in [-0.25, -0.2) is 0 Å². The molecular formula is C16H23N. The molecule has 0 aromatic heterocycles. The van der Waals surface area contributed by atoms with Gasteiger partial charge in [0.2, 0.25) is 0 Å². The normalized spacial score (nSPS) is 26.9. The Morgan fingerprint density at radius 3 is 2.76 bits per heavy atom. The van der Waals surface area contributed by atoms with Crippen LogP contribution >= 0.6 is 0 Å². The summed E-state index contributed by atoms with van der Waals surface area (Å²) in [5, 5.41) is 3.36. The van der Waals surface area contributed by atoms with E-state index in [-0.39, 0.29) is 0 Å². The van der Waals surface area contributed by atoms with E-state index < -0.39 is 0 Å². The van der Waals surface area contributed by atoms with E-state index >= 15 is 0 Å². The molecule has 0 aromatic carbocycles. The highest BCUT2D eigenvalue weighted by Gasteiger charge is 2.35. The van der Waals surface area contributed by atoms with Crippen molar-refractivity contribution < 1.29 is 0 Å². The van der Waals surface area contributed by atoms with Crippen LogP contribution in [-0.4, -0.2) is 6.54 Å². The zero-order valence-electron chi connectivity index (χ0n) is 10.8. The molecule has 2 unspecified atom stereocenters. The molecule has 2 aliphatic carbocycles. The molecule has 2 rings (SSSR count). The van der Waals surface area contributed by atoms with Crippen LogP contribution in [0.4, 0.5) is 0 Å². The SMILES string of the molecule is C=CCCNC(=C)C1=CC=C(C2CC2C)CC1. The van der Waals surface area contributed by atoms with Crippen LogP contribution in [0.3, 0.4) is 0 Å². The summed E-state index contributed by atoms with van der Waals surface area (Å²) in [7, 11) is 0. The molecular weight excluding hydrogens is 206 g/mol. The smallest absolute Gasteiger partial charge is 0.0299 e. The molecule has 92 valence electrons. The lowest BCUT2D eigenvalue weighted by Gasteiger charge is -2.17. The molecule has 1 N–H and O–H groups in total. The van der Waals surface area contributed by atoms with Crippen molar-refractivity contribution >= 4 is 0 Å². The van der Waals surface area contributed by atoms with Crippen LogP contribution in [0.5, 0.6) is 0 Å². The van der Waals surface area contributed by atoms with Crippen molar-refractivity contribution in [1.82, 2.24) is 5.32 Å². The number of allylic oxidation sites excluding steroid dienone is 4. The fourth-order valence-corrected chi connectivity index (χ4v) is 2.49. The maximum Gasteiger partial charge on any atom is 0.0299 e. The summed E-state index contributed by atoms with van der Waals surface area (Å²) in [6, 6.07) is 0. The Bertz CT molecular complexity index is 373. The molecule has 1 nitrogen and oxygen atoms in total. The van der Waals surface area contributed by atoms with Gasteiger partial charge in [0, 0.05) is 12.2 Å². The van der Waals surface area contributed by atoms with Crippen LogP contribution in [-0.2, 0) is 0 Å². The molecule has 0 saturated heterocycles. The minimum absolute atomic E-state index is 0.884. The Morgan fingerprint density at radius 1 is 1.47 bits per heavy atom. The van der Waals surface area contributed by atoms with Gasteiger partial charge in [0.15, 0.2) is 0 Å². The second-order valence-electron chi connectivity index (χ2n) is 5.24. The van der Waals surface area contributed by atoms with Gasteiger partial charge in [0.25, 0.3) is 0 Å². The van der Waals surface area contributed by atoms with Crippen molar-refractivity contribution in [3.05, 3.63) is 48.2 Å². The van der Waals surface area contributed by atoms with Gasteiger partial charge in [-0.3, -0.25) is 0 Å². The molecule has 0 heterocycles. The van der Waals surface area contributed by atoms with Crippen LogP contribution in [0.1, 0.15) is 32.6 Å². The third-order valence-electron chi connectivity index (χ3n) is 3.84. The van der Waals surface area contributed by atoms with Gasteiger partial charge in [-0.05, 0) is 43.1 Å². The Kier molecular flexibility index (Phi) is 3.88. The quantitative estimate of drug-likeness (QED) is 0.537. The summed E-state index contributed by atoms with van der Waals surface area (Å²) >= 11 is 0. The molecule has 17 heavy (non-hydrogen) atoms. The van der Waals surface area contributed by atoms with Crippen molar-refractivity contribution in [2.24, 2.45) is 11.8 Å². The zero-order valence-corrected chi connectivity index (χ0v) is 10.8. The van der Waals surface area contributed by atoms with E-state index in [9.17, 15) is 0 Å². The fraction of sp³-hybridized carbons (Fsp3) is 0.500. The third-order valence-corrected chi connectivity index (χ3v) is 3.84. The number of nitrogens with one attached hydrogen (secondary N) is 1. The zero-order chi connectivity index (χ0) is 12.3. The standard InChI is InChI=1S/C16H23N/c1-4-5-10-17-13(3)14-6-8-15(9-7-14)16-11-12(16)2/h4,6,8,12,16-17H,1,3,5,7,9-11H2,2H3. The maximum absolute atomic E-state index is 4.11. The minimum Gasteiger partial charge on any atom is -0.385 e. The van der Waals surface area contributed by atoms with Crippen molar-refractivity contribution in [2.75, 3.05) is 6.54 Å². The van der Waals surface area contributed by atoms with Crippen LogP contribution in [0.25, 0.3) is 0 Å². The second-order valence-corrected chi connectivity index (χ2v) is 5.24. The predicted octanol–water partition coefficient (Wildman–Crippen LogP) is 3.97. The molecule has 1 heteroatoms. The highest BCUT2D eigenvalue weighted by molar-refractivity contribution is 5.37. The van der Waals surface area contributed by atoms with E-state index in [1.54, 1.807) is 5.57 Å². The average molecular weight is 229 g/mol. The first-order valence-corrected chi connectivity index (χ1v) is 6.66. The van der Waals surface area contributed by atoms with E-state index in [0.29, 0.717) is 0 Å². The lowest BCUT2D eigenvalue weighted by molar-refractivity contribution is 0.749. The van der Waals surface area contributed by atoms with E-state index in [0.717, 1.165) is 36.9 Å². The summed E-state index contributed by atoms with van der Waals surface area (Å²) in [6.45, 7) is 11.1. The van der Waals surface area contributed by atoms with Gasteiger partial charge in [0.05, 0.1) is 0 Å². The molecule has 0 radical (unpaired) electrons. The molecule has 0 aliphatic heterocycles. The second kappa shape index (κ2) is 5.39. The largest absolute Gasteiger partial charge is 0.385 e. The molecule has 1 saturated carbocycles. The van der Waals surface area contributed by atoms with Crippen molar-refractivity contribution in [2.45, 2.75) is 32.6 Å². The number of rotatable bonds is 6. The molecule has 1 fully saturated rings. The van der Waals surface area contributed by atoms with Gasteiger partial charge in [0.1, 0.15) is 0 Å². The lowest BCUT2D eigenvalue weighted by atomic mass is 9.93. The molecule has 0 spiro atoms. The fourth-order valence-electron chi connectivity index (χ4n) is 2.49. The summed E-state index contributed by atoms with van der Waals surface area (Å²) in [5.74, 6) is 1.81. The van der Waals surface area contributed by atoms with Crippen LogP contribution in [0, 0.1) is 11.8 Å². The Labute approximate surface area is 105 Å².